The Morgan fingerprint density at radius 3 is 2.12 bits per heavy atom. The highest BCUT2D eigenvalue weighted by Gasteiger charge is 2.37. The van der Waals surface area contributed by atoms with E-state index in [9.17, 15) is 38.4 Å². The number of allylic oxidation sites excluding steroid dienone is 1. The molecule has 0 radical (unpaired) electrons. The zero-order valence-corrected chi connectivity index (χ0v) is 39.1. The van der Waals surface area contributed by atoms with E-state index in [2.05, 4.69) is 46.9 Å². The van der Waals surface area contributed by atoms with Crippen LogP contribution in [-0.2, 0) is 51.2 Å². The highest BCUT2D eigenvalue weighted by atomic mass is 16.2. The number of H-pyrrole nitrogens is 1. The van der Waals surface area contributed by atoms with Gasteiger partial charge in [0.25, 0.3) is 0 Å². The van der Waals surface area contributed by atoms with Gasteiger partial charge >= 0.3 is 0 Å². The number of aromatic nitrogens is 1. The maximum absolute atomic E-state index is 14.7. The second-order valence-corrected chi connectivity index (χ2v) is 17.9. The topological polar surface area (TPSA) is 305 Å². The largest absolute Gasteiger partial charge is 0.370 e. The summed E-state index contributed by atoms with van der Waals surface area (Å²) in [4.78, 5) is 126. The zero-order chi connectivity index (χ0) is 49.5. The number of likely N-dealkylation sites (tertiary alicyclic amines) is 1. The van der Waals surface area contributed by atoms with E-state index in [-0.39, 0.29) is 75.8 Å². The summed E-state index contributed by atoms with van der Waals surface area (Å²) in [6, 6.07) is 8.51. The van der Waals surface area contributed by atoms with Crippen molar-refractivity contribution in [2.24, 2.45) is 21.5 Å². The first kappa shape index (κ1) is 51.0. The van der Waals surface area contributed by atoms with Gasteiger partial charge < -0.3 is 53.3 Å². The minimum absolute atomic E-state index is 0.000846. The van der Waals surface area contributed by atoms with Crippen molar-refractivity contribution in [1.82, 2.24) is 41.8 Å². The van der Waals surface area contributed by atoms with Gasteiger partial charge in [0, 0.05) is 93.6 Å². The number of aromatic amines is 1. The fourth-order valence-corrected chi connectivity index (χ4v) is 8.89. The van der Waals surface area contributed by atoms with Crippen LogP contribution in [0.3, 0.4) is 0 Å². The lowest BCUT2D eigenvalue weighted by Crippen LogP contribution is -2.60. The van der Waals surface area contributed by atoms with Gasteiger partial charge in [0.2, 0.25) is 41.4 Å². The molecular formula is C49H64N12O8. The van der Waals surface area contributed by atoms with Gasteiger partial charge in [0.05, 0.1) is 0 Å². The molecule has 2 saturated heterocycles. The number of carbonyl (C=O) groups is 8. The van der Waals surface area contributed by atoms with Gasteiger partial charge in [-0.2, -0.15) is 0 Å². The van der Waals surface area contributed by atoms with Crippen molar-refractivity contribution in [2.75, 3.05) is 13.1 Å². The number of Topliss-reactive ketones (excluding diaryl/α,β-unsaturated/α-hetero) is 1. The number of nitrogens with one attached hydrogen (secondary N) is 7. The molecule has 3 aliphatic rings. The summed E-state index contributed by atoms with van der Waals surface area (Å²) < 4.78 is 0. The van der Waals surface area contributed by atoms with Crippen molar-refractivity contribution in [3.8, 4) is 0 Å². The van der Waals surface area contributed by atoms with Gasteiger partial charge in [-0.05, 0) is 62.6 Å². The number of ketones is 1. The molecule has 6 rings (SSSR count). The van der Waals surface area contributed by atoms with Crippen LogP contribution in [0.2, 0.25) is 0 Å². The predicted molar refractivity (Wildman–Crippen MR) is 259 cm³/mol. The molecule has 2 fully saturated rings. The normalized spacial score (nSPS) is 24.5. The number of nitrogens with two attached hydrogens (primary N) is 2. The number of para-hydroxylation sites is 1. The number of carbonyl (C=O) groups excluding carboxylic acids is 8. The molecule has 0 unspecified atom stereocenters. The zero-order valence-electron chi connectivity index (χ0n) is 39.1. The molecule has 20 heteroatoms. The van der Waals surface area contributed by atoms with Crippen molar-refractivity contribution in [3.63, 3.8) is 0 Å². The lowest BCUT2D eigenvalue weighted by Gasteiger charge is -2.30. The number of benzene rings is 2. The molecule has 7 amide bonds. The third-order valence-electron chi connectivity index (χ3n) is 12.5. The van der Waals surface area contributed by atoms with Crippen LogP contribution in [0.1, 0.15) is 89.2 Å². The van der Waals surface area contributed by atoms with E-state index in [0.29, 0.717) is 29.8 Å². The van der Waals surface area contributed by atoms with Gasteiger partial charge in [0.1, 0.15) is 42.0 Å². The monoisotopic (exact) mass is 948 g/mol. The molecule has 0 saturated carbocycles. The lowest BCUT2D eigenvalue weighted by atomic mass is 10.00. The number of hydrogen-bond acceptors (Lipinski definition) is 10. The van der Waals surface area contributed by atoms with Crippen LogP contribution in [0.5, 0.6) is 0 Å². The Labute approximate surface area is 400 Å². The van der Waals surface area contributed by atoms with E-state index in [1.807, 2.05) is 31.2 Å². The molecule has 69 heavy (non-hydrogen) atoms. The lowest BCUT2D eigenvalue weighted by molar-refractivity contribution is -0.138. The van der Waals surface area contributed by atoms with Gasteiger partial charge in [-0.3, -0.25) is 48.3 Å². The van der Waals surface area contributed by atoms with Crippen molar-refractivity contribution in [1.29, 1.82) is 0 Å². The third kappa shape index (κ3) is 14.8. The van der Waals surface area contributed by atoms with Crippen LogP contribution in [-0.4, -0.2) is 125 Å². The summed E-state index contributed by atoms with van der Waals surface area (Å²) in [6.07, 6.45) is 6.88. The first-order valence-electron chi connectivity index (χ1n) is 23.6. The molecule has 11 N–H and O–H groups in total. The summed E-state index contributed by atoms with van der Waals surface area (Å²) in [5.74, 6) is -5.27. The molecule has 20 nitrogen and oxygen atoms in total. The Hall–Kier alpha value is -7.38. The summed E-state index contributed by atoms with van der Waals surface area (Å²) >= 11 is 0. The van der Waals surface area contributed by atoms with E-state index in [0.717, 1.165) is 23.7 Å². The number of amides is 7. The van der Waals surface area contributed by atoms with Gasteiger partial charge in [-0.25, -0.2) is 0 Å². The number of hydrogen-bond donors (Lipinski definition) is 9. The molecule has 0 spiro atoms. The van der Waals surface area contributed by atoms with E-state index in [1.54, 1.807) is 53.7 Å². The molecule has 0 aliphatic carbocycles. The van der Waals surface area contributed by atoms with Crippen LogP contribution in [0.15, 0.2) is 82.6 Å². The summed E-state index contributed by atoms with van der Waals surface area (Å²) in [6.45, 7) is 3.70. The third-order valence-corrected chi connectivity index (χ3v) is 12.5. The fourth-order valence-electron chi connectivity index (χ4n) is 8.89. The van der Waals surface area contributed by atoms with Crippen molar-refractivity contribution >= 4 is 70.2 Å². The number of aliphatic imine (C=N–C) groups is 2. The smallest absolute Gasteiger partial charge is 0.245 e. The SMILES string of the molecule is CC(=O)N[C@H]1CC(=O)CCC[C@@H](C(=O)N2CCC[C@H]2C)NC(=O)[C@H](Cc2c[nH]c3ccccc23)NC(=O)[C@H](CCCN=C(N)N)NC(=O)[C@@H](Cc2ccccc2)NC(=O)[C@H](CC2=CCC=N2)NC1=O. The highest BCUT2D eigenvalue weighted by Crippen LogP contribution is 2.22. The van der Waals surface area contributed by atoms with Crippen LogP contribution < -0.4 is 43.4 Å². The van der Waals surface area contributed by atoms with Crippen LogP contribution in [0.4, 0.5) is 0 Å². The van der Waals surface area contributed by atoms with E-state index < -0.39 is 83.9 Å². The summed E-state index contributed by atoms with van der Waals surface area (Å²) in [5.41, 5.74) is 13.8. The van der Waals surface area contributed by atoms with Crippen LogP contribution in [0, 0.1) is 0 Å². The Balaban J connectivity index is 1.40. The molecule has 2 aromatic carbocycles. The average molecular weight is 949 g/mol. The van der Waals surface area contributed by atoms with Crippen LogP contribution >= 0.6 is 0 Å². The first-order valence-corrected chi connectivity index (χ1v) is 23.6. The average Bonchev–Trinajstić information content (AvgIpc) is 4.10. The van der Waals surface area contributed by atoms with E-state index >= 15 is 0 Å². The van der Waals surface area contributed by atoms with Crippen molar-refractivity contribution < 1.29 is 38.4 Å². The Morgan fingerprint density at radius 1 is 0.783 bits per heavy atom. The maximum atomic E-state index is 14.7. The maximum Gasteiger partial charge on any atom is 0.245 e. The number of fused-ring (bicyclic) bond motifs is 1. The molecule has 368 valence electrons. The van der Waals surface area contributed by atoms with E-state index in [4.69, 9.17) is 11.5 Å². The standard InChI is InChI=1S/C49H64N12O8/c1-29-12-11-23-61(29)48(69)38-19-8-16-34(63)27-42(55-30(2)62)47(68)60-41(26-33-15-9-21-52-33)46(67)58-39(24-31-13-4-3-5-14-31)44(65)56-37(20-10-22-53-49(50)51)43(64)59-40(45(66)57-38)25-32-28-54-36-18-7-6-17-35(32)36/h3-7,13-15,17-18,21,28-29,37-42,54H,8-12,16,19-20,22-27H2,1-2H3,(H,55,62)(H,56,65)(H,57,66)(H,58,67)(H,59,64)(H,60,68)(H4,50,51,53)/t29-,37+,38+,39-,40+,41+,42+/m1/s1. The second-order valence-electron chi connectivity index (χ2n) is 17.9. The summed E-state index contributed by atoms with van der Waals surface area (Å²) in [5, 5.41) is 17.4. The minimum atomic E-state index is -1.38. The molecule has 1 aromatic heterocycles. The van der Waals surface area contributed by atoms with Gasteiger partial charge in [-0.1, -0.05) is 54.6 Å². The second kappa shape index (κ2) is 24.6. The van der Waals surface area contributed by atoms with Gasteiger partial charge in [0.15, 0.2) is 5.96 Å². The fraction of sp³-hybridized carbons (Fsp3) is 0.469. The predicted octanol–water partition coefficient (Wildman–Crippen LogP) is 0.838. The molecule has 7 atom stereocenters. The minimum Gasteiger partial charge on any atom is -0.370 e. The quantitative estimate of drug-likeness (QED) is 0.0700. The number of rotatable bonds is 12. The van der Waals surface area contributed by atoms with Crippen LogP contribution in [0.25, 0.3) is 10.9 Å². The Morgan fingerprint density at radius 2 is 1.43 bits per heavy atom. The molecule has 3 aromatic rings. The molecular weight excluding hydrogens is 885 g/mol. The Bertz CT molecular complexity index is 2450. The van der Waals surface area contributed by atoms with Crippen molar-refractivity contribution in [3.05, 3.63) is 83.7 Å². The number of guanidine groups is 1. The van der Waals surface area contributed by atoms with Crippen molar-refractivity contribution in [2.45, 2.75) is 133 Å². The van der Waals surface area contributed by atoms with Gasteiger partial charge in [-0.15, -0.1) is 0 Å². The molecule has 4 heterocycles. The summed E-state index contributed by atoms with van der Waals surface area (Å²) in [7, 11) is 0. The van der Waals surface area contributed by atoms with E-state index in [1.165, 1.54) is 6.92 Å². The molecule has 0 bridgehead atoms. The first-order chi connectivity index (χ1) is 33.1. The Kier molecular flexibility index (Phi) is 18.2. The highest BCUT2D eigenvalue weighted by molar-refractivity contribution is 5.98. The molecule has 3 aliphatic heterocycles. The number of nitrogens with zero attached hydrogens (tertiary/aromatic N) is 3.